The maximum Gasteiger partial charge on any atom is 0.245 e. The summed E-state index contributed by atoms with van der Waals surface area (Å²) in [4.78, 5) is 48.7. The summed E-state index contributed by atoms with van der Waals surface area (Å²) >= 11 is 6.23. The van der Waals surface area contributed by atoms with E-state index >= 15 is 0 Å². The molecule has 8 nitrogen and oxygen atoms in total. The average molecular weight is 629 g/mol. The van der Waals surface area contributed by atoms with Gasteiger partial charge in [0.25, 0.3) is 0 Å². The van der Waals surface area contributed by atoms with E-state index in [1.165, 1.54) is 0 Å². The Bertz CT molecular complexity index is 1180. The van der Waals surface area contributed by atoms with Crippen LogP contribution in [-0.4, -0.2) is 96.0 Å². The lowest BCUT2D eigenvalue weighted by Crippen LogP contribution is -2.52. The Morgan fingerprint density at radius 2 is 1.52 bits per heavy atom. The van der Waals surface area contributed by atoms with Crippen molar-refractivity contribution < 1.29 is 19.1 Å². The molecule has 3 amide bonds. The lowest BCUT2D eigenvalue weighted by molar-refractivity contribution is -0.148. The molecule has 1 N–H and O–H groups in total. The highest BCUT2D eigenvalue weighted by Crippen LogP contribution is 2.43. The summed E-state index contributed by atoms with van der Waals surface area (Å²) in [5.74, 6) is 0.306. The van der Waals surface area contributed by atoms with Crippen LogP contribution in [0.5, 0.6) is 0 Å². The zero-order valence-corrected chi connectivity index (χ0v) is 28.4. The van der Waals surface area contributed by atoms with Crippen LogP contribution in [-0.2, 0) is 19.1 Å². The number of nitrogens with zero attached hydrogens (tertiary/aromatic N) is 3. The standard InChI is InChI=1S/C35H53ClN4O4/c1-23-7-13-27(14-8-23)37-33(43)35(5,6)25-19-30(32(42)38-15-17-44-18-16-38)40(20-25)31(41)29-22-39(34(2,3)4)21-28(29)24-9-11-26(36)12-10-24/h9-12,23,25,27-30H,7-8,13-22H2,1-6H3,(H,37,43)/t23?,25-,27?,28+,29-,30+/m1/s1. The fourth-order valence-electron chi connectivity index (χ4n) is 7.65. The molecule has 244 valence electrons. The highest BCUT2D eigenvalue weighted by atomic mass is 35.5. The monoisotopic (exact) mass is 628 g/mol. The number of ether oxygens (including phenoxy) is 1. The van der Waals surface area contributed by atoms with Gasteiger partial charge in [-0.15, -0.1) is 0 Å². The lowest BCUT2D eigenvalue weighted by Gasteiger charge is -2.35. The smallest absolute Gasteiger partial charge is 0.245 e. The predicted octanol–water partition coefficient (Wildman–Crippen LogP) is 4.95. The number of benzene rings is 1. The molecule has 1 saturated carbocycles. The van der Waals surface area contributed by atoms with E-state index in [2.05, 4.69) is 37.9 Å². The number of hydrogen-bond acceptors (Lipinski definition) is 5. The van der Waals surface area contributed by atoms with E-state index in [9.17, 15) is 14.4 Å². The first kappa shape index (κ1) is 33.2. The Balaban J connectivity index is 1.41. The lowest BCUT2D eigenvalue weighted by atomic mass is 9.76. The van der Waals surface area contributed by atoms with Crippen LogP contribution >= 0.6 is 11.6 Å². The van der Waals surface area contributed by atoms with Gasteiger partial charge in [-0.25, -0.2) is 0 Å². The highest BCUT2D eigenvalue weighted by molar-refractivity contribution is 6.30. The molecule has 1 aliphatic carbocycles. The number of morpholine rings is 1. The number of likely N-dealkylation sites (tertiary alicyclic amines) is 2. The summed E-state index contributed by atoms with van der Waals surface area (Å²) in [6.07, 6.45) is 4.78. The molecule has 4 aliphatic rings. The number of rotatable bonds is 6. The third kappa shape index (κ3) is 7.13. The van der Waals surface area contributed by atoms with Gasteiger partial charge in [-0.3, -0.25) is 19.3 Å². The fourth-order valence-corrected chi connectivity index (χ4v) is 7.78. The number of hydrogen-bond donors (Lipinski definition) is 1. The normalized spacial score (nSPS) is 30.4. The number of nitrogens with one attached hydrogen (secondary N) is 1. The topological polar surface area (TPSA) is 82.2 Å². The number of halogens is 1. The van der Waals surface area contributed by atoms with Crippen molar-refractivity contribution in [1.82, 2.24) is 20.0 Å². The molecule has 4 fully saturated rings. The predicted molar refractivity (Wildman–Crippen MR) is 173 cm³/mol. The van der Waals surface area contributed by atoms with Gasteiger partial charge < -0.3 is 19.9 Å². The van der Waals surface area contributed by atoms with E-state index in [1.807, 2.05) is 47.9 Å². The summed E-state index contributed by atoms with van der Waals surface area (Å²) in [7, 11) is 0. The van der Waals surface area contributed by atoms with Crippen LogP contribution in [0.25, 0.3) is 0 Å². The number of amides is 3. The van der Waals surface area contributed by atoms with E-state index in [0.29, 0.717) is 56.8 Å². The van der Waals surface area contributed by atoms with E-state index in [0.717, 1.165) is 37.8 Å². The van der Waals surface area contributed by atoms with Crippen molar-refractivity contribution in [2.24, 2.45) is 23.2 Å². The van der Waals surface area contributed by atoms with Crippen molar-refractivity contribution >= 4 is 29.3 Å². The SMILES string of the molecule is CC1CCC(NC(=O)C(C)(C)[C@@H]2C[C@@H](C(=O)N3CCOCC3)N(C(=O)[C@@H]3CN(C(C)(C)C)C[C@H]3c3ccc(Cl)cc3)C2)CC1. The Hall–Kier alpha value is -2.16. The summed E-state index contributed by atoms with van der Waals surface area (Å²) < 4.78 is 5.53. The Morgan fingerprint density at radius 3 is 2.14 bits per heavy atom. The summed E-state index contributed by atoms with van der Waals surface area (Å²) in [6, 6.07) is 7.46. The minimum absolute atomic E-state index is 0.0119. The van der Waals surface area contributed by atoms with Gasteiger partial charge in [0.15, 0.2) is 0 Å². The largest absolute Gasteiger partial charge is 0.378 e. The number of carbonyl (C=O) groups excluding carboxylic acids is 3. The zero-order chi connectivity index (χ0) is 31.8. The Kier molecular flexibility index (Phi) is 10.0. The van der Waals surface area contributed by atoms with Gasteiger partial charge in [-0.05, 0) is 82.4 Å². The zero-order valence-electron chi connectivity index (χ0n) is 27.6. The summed E-state index contributed by atoms with van der Waals surface area (Å²) in [6.45, 7) is 16.7. The summed E-state index contributed by atoms with van der Waals surface area (Å²) in [5, 5.41) is 4.02. The van der Waals surface area contributed by atoms with Crippen molar-refractivity contribution in [3.63, 3.8) is 0 Å². The van der Waals surface area contributed by atoms with Crippen molar-refractivity contribution in [2.45, 2.75) is 97.2 Å². The molecule has 1 aromatic carbocycles. The van der Waals surface area contributed by atoms with Crippen LogP contribution in [0.15, 0.2) is 24.3 Å². The van der Waals surface area contributed by atoms with Crippen molar-refractivity contribution in [3.8, 4) is 0 Å². The van der Waals surface area contributed by atoms with Crippen LogP contribution in [0, 0.1) is 23.2 Å². The molecule has 0 aromatic heterocycles. The van der Waals surface area contributed by atoms with Gasteiger partial charge >= 0.3 is 0 Å². The highest BCUT2D eigenvalue weighted by Gasteiger charge is 2.52. The van der Waals surface area contributed by atoms with Crippen LogP contribution in [0.1, 0.15) is 85.1 Å². The quantitative estimate of drug-likeness (QED) is 0.482. The second-order valence-corrected chi connectivity index (χ2v) is 15.8. The van der Waals surface area contributed by atoms with Crippen LogP contribution in [0.3, 0.4) is 0 Å². The van der Waals surface area contributed by atoms with E-state index in [-0.39, 0.29) is 47.1 Å². The molecule has 5 rings (SSSR count). The molecular formula is C35H53ClN4O4. The van der Waals surface area contributed by atoms with Crippen molar-refractivity contribution in [3.05, 3.63) is 34.9 Å². The van der Waals surface area contributed by atoms with Crippen LogP contribution in [0.2, 0.25) is 5.02 Å². The Morgan fingerprint density at radius 1 is 0.886 bits per heavy atom. The molecule has 0 radical (unpaired) electrons. The molecule has 9 heteroatoms. The molecule has 44 heavy (non-hydrogen) atoms. The first-order valence-electron chi connectivity index (χ1n) is 16.7. The summed E-state index contributed by atoms with van der Waals surface area (Å²) in [5.41, 5.74) is 0.269. The molecule has 0 spiro atoms. The van der Waals surface area contributed by atoms with Gasteiger partial charge in [-0.2, -0.15) is 0 Å². The second kappa shape index (κ2) is 13.3. The maximum atomic E-state index is 14.7. The molecule has 3 heterocycles. The average Bonchev–Trinajstić information content (AvgIpc) is 3.65. The number of carbonyl (C=O) groups is 3. The van der Waals surface area contributed by atoms with E-state index in [1.54, 1.807) is 0 Å². The van der Waals surface area contributed by atoms with Crippen molar-refractivity contribution in [2.75, 3.05) is 45.9 Å². The van der Waals surface area contributed by atoms with Gasteiger partial charge in [0.1, 0.15) is 6.04 Å². The van der Waals surface area contributed by atoms with Crippen LogP contribution < -0.4 is 5.32 Å². The van der Waals surface area contributed by atoms with Gasteiger partial charge in [0.05, 0.1) is 19.1 Å². The van der Waals surface area contributed by atoms with E-state index in [4.69, 9.17) is 16.3 Å². The minimum Gasteiger partial charge on any atom is -0.378 e. The van der Waals surface area contributed by atoms with Crippen LogP contribution in [0.4, 0.5) is 0 Å². The van der Waals surface area contributed by atoms with Gasteiger partial charge in [0, 0.05) is 60.7 Å². The molecular weight excluding hydrogens is 576 g/mol. The Labute approximate surface area is 269 Å². The van der Waals surface area contributed by atoms with Gasteiger partial charge in [-0.1, -0.05) is 44.5 Å². The third-order valence-corrected chi connectivity index (χ3v) is 11.3. The van der Waals surface area contributed by atoms with Crippen molar-refractivity contribution in [1.29, 1.82) is 0 Å². The second-order valence-electron chi connectivity index (χ2n) is 15.4. The third-order valence-electron chi connectivity index (χ3n) is 11.0. The maximum absolute atomic E-state index is 14.7. The minimum atomic E-state index is -0.718. The fraction of sp³-hybridized carbons (Fsp3) is 0.743. The molecule has 3 saturated heterocycles. The molecule has 4 atom stereocenters. The molecule has 1 aromatic rings. The molecule has 0 unspecified atom stereocenters. The molecule has 3 aliphatic heterocycles. The first-order chi connectivity index (χ1) is 20.8. The molecule has 0 bridgehead atoms. The first-order valence-corrected chi connectivity index (χ1v) is 17.1. The van der Waals surface area contributed by atoms with E-state index < -0.39 is 11.5 Å². The van der Waals surface area contributed by atoms with Gasteiger partial charge in [0.2, 0.25) is 17.7 Å².